The maximum Gasteiger partial charge on any atom is 0.191 e. The van der Waals surface area contributed by atoms with E-state index in [4.69, 9.17) is 11.6 Å². The molecule has 0 radical (unpaired) electrons. The topological polar surface area (TPSA) is 82.9 Å². The lowest BCUT2D eigenvalue weighted by atomic mass is 10.1. The molecule has 0 spiro atoms. The van der Waals surface area contributed by atoms with Gasteiger partial charge in [0.1, 0.15) is 12.2 Å². The fraction of sp³-hybridized carbons (Fsp3) is 0.421. The number of aliphatic imine (C=N–C) groups is 1. The van der Waals surface area contributed by atoms with Crippen LogP contribution in [0.5, 0.6) is 0 Å². The Kier molecular flexibility index (Phi) is 9.04. The van der Waals surface area contributed by atoms with Gasteiger partial charge in [0.05, 0.1) is 0 Å². The van der Waals surface area contributed by atoms with Gasteiger partial charge in [0, 0.05) is 54.7 Å². The van der Waals surface area contributed by atoms with Crippen molar-refractivity contribution in [2.75, 3.05) is 19.6 Å². The van der Waals surface area contributed by atoms with Crippen molar-refractivity contribution in [3.8, 4) is 0 Å². The Morgan fingerprint density at radius 3 is 2.93 bits per heavy atom. The number of hydrogen-bond acceptors (Lipinski definition) is 3. The third kappa shape index (κ3) is 5.84. The summed E-state index contributed by atoms with van der Waals surface area (Å²) in [5.41, 5.74) is 2.33. The molecular formula is C19H27ClIN7. The van der Waals surface area contributed by atoms with Crippen LogP contribution >= 0.6 is 35.6 Å². The molecule has 0 amide bonds. The first-order valence-electron chi connectivity index (χ1n) is 9.35. The number of aromatic amines is 1. The number of H-pyrrole nitrogens is 1. The molecule has 3 rings (SSSR count). The van der Waals surface area contributed by atoms with E-state index in [-0.39, 0.29) is 24.0 Å². The summed E-state index contributed by atoms with van der Waals surface area (Å²) in [5, 5.41) is 16.6. The Bertz CT molecular complexity index is 903. The molecule has 152 valence electrons. The molecule has 28 heavy (non-hydrogen) atoms. The third-order valence-electron chi connectivity index (χ3n) is 4.38. The molecule has 2 heterocycles. The van der Waals surface area contributed by atoms with Crippen LogP contribution in [-0.4, -0.2) is 45.3 Å². The van der Waals surface area contributed by atoms with Crippen LogP contribution in [0, 0.1) is 0 Å². The summed E-state index contributed by atoms with van der Waals surface area (Å²) in [6.45, 7) is 7.23. The minimum absolute atomic E-state index is 0. The van der Waals surface area contributed by atoms with Gasteiger partial charge in [-0.15, -0.1) is 34.2 Å². The van der Waals surface area contributed by atoms with E-state index in [0.29, 0.717) is 6.54 Å². The smallest absolute Gasteiger partial charge is 0.191 e. The first-order chi connectivity index (χ1) is 13.2. The van der Waals surface area contributed by atoms with Crippen molar-refractivity contribution in [2.45, 2.75) is 33.2 Å². The normalized spacial score (nSPS) is 11.5. The van der Waals surface area contributed by atoms with E-state index in [9.17, 15) is 0 Å². The number of aryl methyl sites for hydroxylation is 1. The Hall–Kier alpha value is -1.81. The number of rotatable bonds is 8. The van der Waals surface area contributed by atoms with Gasteiger partial charge in [0.2, 0.25) is 0 Å². The maximum absolute atomic E-state index is 6.12. The van der Waals surface area contributed by atoms with Gasteiger partial charge >= 0.3 is 0 Å². The van der Waals surface area contributed by atoms with Gasteiger partial charge in [-0.1, -0.05) is 18.5 Å². The predicted molar refractivity (Wildman–Crippen MR) is 126 cm³/mol. The van der Waals surface area contributed by atoms with Crippen molar-refractivity contribution in [3.63, 3.8) is 0 Å². The van der Waals surface area contributed by atoms with Gasteiger partial charge in [-0.3, -0.25) is 4.99 Å². The lowest BCUT2D eigenvalue weighted by molar-refractivity contribution is 0.632. The van der Waals surface area contributed by atoms with Crippen molar-refractivity contribution >= 4 is 52.4 Å². The summed E-state index contributed by atoms with van der Waals surface area (Å²) in [6.07, 6.45) is 5.53. The molecule has 9 heteroatoms. The molecule has 0 atom stereocenters. The second kappa shape index (κ2) is 11.3. The Morgan fingerprint density at radius 1 is 1.29 bits per heavy atom. The monoisotopic (exact) mass is 515 g/mol. The van der Waals surface area contributed by atoms with Crippen molar-refractivity contribution in [1.82, 2.24) is 30.4 Å². The van der Waals surface area contributed by atoms with Gasteiger partial charge in [0.15, 0.2) is 5.96 Å². The molecule has 0 saturated carbocycles. The molecule has 7 nitrogen and oxygen atoms in total. The summed E-state index contributed by atoms with van der Waals surface area (Å²) in [5.74, 6) is 1.82. The van der Waals surface area contributed by atoms with E-state index < -0.39 is 0 Å². The number of benzene rings is 1. The first-order valence-corrected chi connectivity index (χ1v) is 9.73. The molecule has 0 fully saturated rings. The lowest BCUT2D eigenvalue weighted by Crippen LogP contribution is -2.39. The minimum atomic E-state index is 0. The van der Waals surface area contributed by atoms with E-state index in [2.05, 4.69) is 49.2 Å². The molecule has 0 saturated heterocycles. The van der Waals surface area contributed by atoms with Crippen LogP contribution in [0.3, 0.4) is 0 Å². The lowest BCUT2D eigenvalue weighted by Gasteiger charge is -2.12. The number of fused-ring (bicyclic) bond motifs is 1. The summed E-state index contributed by atoms with van der Waals surface area (Å²) >= 11 is 6.12. The number of hydrogen-bond donors (Lipinski definition) is 3. The zero-order valence-corrected chi connectivity index (χ0v) is 19.3. The summed E-state index contributed by atoms with van der Waals surface area (Å²) in [7, 11) is 0. The van der Waals surface area contributed by atoms with Crippen LogP contribution in [0.2, 0.25) is 5.02 Å². The number of nitrogens with zero attached hydrogens (tertiary/aromatic N) is 4. The zero-order chi connectivity index (χ0) is 19.1. The quantitative estimate of drug-likeness (QED) is 0.244. The van der Waals surface area contributed by atoms with Crippen molar-refractivity contribution < 1.29 is 0 Å². The van der Waals surface area contributed by atoms with Crippen molar-refractivity contribution in [2.24, 2.45) is 4.99 Å². The first kappa shape index (κ1) is 22.5. The fourth-order valence-corrected chi connectivity index (χ4v) is 3.19. The Morgan fingerprint density at radius 2 is 2.14 bits per heavy atom. The number of nitrogens with one attached hydrogen (secondary N) is 3. The molecule has 0 aliphatic carbocycles. The van der Waals surface area contributed by atoms with E-state index in [0.717, 1.165) is 60.2 Å². The van der Waals surface area contributed by atoms with Crippen LogP contribution in [0.25, 0.3) is 10.9 Å². The van der Waals surface area contributed by atoms with Crippen LogP contribution in [0.15, 0.2) is 35.7 Å². The molecular weight excluding hydrogens is 489 g/mol. The Labute approximate surface area is 187 Å². The highest BCUT2D eigenvalue weighted by atomic mass is 127. The SMILES string of the molecule is CCNC(=NCCc1c[nH]c2ccc(Cl)cc12)NCCn1cnnc1CC.I. The number of aromatic nitrogens is 4. The Balaban J connectivity index is 0.00000280. The van der Waals surface area contributed by atoms with Gasteiger partial charge in [-0.05, 0) is 37.1 Å². The van der Waals surface area contributed by atoms with E-state index >= 15 is 0 Å². The highest BCUT2D eigenvalue weighted by Gasteiger charge is 2.05. The predicted octanol–water partition coefficient (Wildman–Crippen LogP) is 3.39. The molecule has 0 aliphatic heterocycles. The number of guanidine groups is 1. The molecule has 0 unspecified atom stereocenters. The van der Waals surface area contributed by atoms with Crippen LogP contribution < -0.4 is 10.6 Å². The fourth-order valence-electron chi connectivity index (χ4n) is 3.02. The summed E-state index contributed by atoms with van der Waals surface area (Å²) in [4.78, 5) is 7.97. The van der Waals surface area contributed by atoms with Gasteiger partial charge in [0.25, 0.3) is 0 Å². The summed E-state index contributed by atoms with van der Waals surface area (Å²) in [6, 6.07) is 5.90. The average molecular weight is 516 g/mol. The zero-order valence-electron chi connectivity index (χ0n) is 16.2. The third-order valence-corrected chi connectivity index (χ3v) is 4.62. The summed E-state index contributed by atoms with van der Waals surface area (Å²) < 4.78 is 2.06. The van der Waals surface area contributed by atoms with E-state index in [1.165, 1.54) is 5.56 Å². The van der Waals surface area contributed by atoms with Crippen LogP contribution in [0.4, 0.5) is 0 Å². The van der Waals surface area contributed by atoms with Gasteiger partial charge < -0.3 is 20.2 Å². The molecule has 0 bridgehead atoms. The second-order valence-electron chi connectivity index (χ2n) is 6.24. The maximum atomic E-state index is 6.12. The van der Waals surface area contributed by atoms with Crippen molar-refractivity contribution in [1.29, 1.82) is 0 Å². The van der Waals surface area contributed by atoms with E-state index in [1.54, 1.807) is 6.33 Å². The molecule has 3 aromatic rings. The molecule has 3 N–H and O–H groups in total. The minimum Gasteiger partial charge on any atom is -0.361 e. The standard InChI is InChI=1S/C19H26ClN7.HI/c1-3-18-26-25-13-27(18)10-9-23-19(21-4-2)22-8-7-14-12-24-17-6-5-15(20)11-16(14)17;/h5-6,11-13,24H,3-4,7-10H2,1-2H3,(H2,21,22,23);1H. The highest BCUT2D eigenvalue weighted by Crippen LogP contribution is 2.22. The van der Waals surface area contributed by atoms with Gasteiger partial charge in [-0.25, -0.2) is 0 Å². The van der Waals surface area contributed by atoms with Crippen LogP contribution in [-0.2, 0) is 19.4 Å². The van der Waals surface area contributed by atoms with Crippen LogP contribution in [0.1, 0.15) is 25.2 Å². The second-order valence-corrected chi connectivity index (χ2v) is 6.67. The van der Waals surface area contributed by atoms with Crippen molar-refractivity contribution in [3.05, 3.63) is 47.1 Å². The molecule has 1 aromatic carbocycles. The highest BCUT2D eigenvalue weighted by molar-refractivity contribution is 14.0. The largest absolute Gasteiger partial charge is 0.361 e. The average Bonchev–Trinajstić information content (AvgIpc) is 3.28. The molecule has 0 aliphatic rings. The number of halogens is 2. The van der Waals surface area contributed by atoms with Gasteiger partial charge in [-0.2, -0.15) is 0 Å². The molecule has 2 aromatic heterocycles. The van der Waals surface area contributed by atoms with E-state index in [1.807, 2.05) is 24.4 Å².